The number of benzene rings is 2. The SMILES string of the molecule is [CH2-]C1C(=O)N(CC)C(CC2CCCCC2)C(C)N1CC.[CH2-]C1C(=O)N(CC)C(Cc2ccccc2)C(C)N1CC.[CH2-]C1CN(CC)C(CC2CCCCC2)C(C)N1CC.[CH2-]C1CN(CC)C(Cc2ccccc2)C(C)N1CC.[W].[W].[W].[W]. The van der Waals surface area contributed by atoms with Gasteiger partial charge in [-0.25, -0.2) is 0 Å². The van der Waals surface area contributed by atoms with Crippen LogP contribution in [-0.4, -0.2) is 189 Å². The van der Waals surface area contributed by atoms with Crippen LogP contribution in [0.4, 0.5) is 0 Å². The van der Waals surface area contributed by atoms with Crippen molar-refractivity contribution in [1.82, 2.24) is 39.2 Å². The van der Waals surface area contributed by atoms with Gasteiger partial charge in [-0.05, 0) is 155 Å². The number of amides is 2. The Labute approximate surface area is 562 Å². The Hall–Kier alpha value is -0.107. The maximum atomic E-state index is 12.5. The standard InChI is InChI=1S/C17H31N2O.C17H25N2O.C17H33N2.C17H27N2.4W/c2*1-5-18-13(3)16(12-15-10-8-7-9-11-15)19(6-2)17(20)14(18)4;2*1-5-18-13-14(3)19(6-2)15(4)17(18)12-16-10-8-7-9-11-16;;;;/h13-16H,4-12H2,1-3H3;7-11,13-14,16H,4-6,12H2,1-3H3;14-17H,3,5-13H2,1-2,4H3;7-11,14-15,17H,3,5-6,12-13H2,1-2,4H3;;;;/q4*-1;;;;. The maximum Gasteiger partial charge on any atom is 0.209 e. The molecule has 4 aliphatic heterocycles. The van der Waals surface area contributed by atoms with E-state index >= 15 is 0 Å². The van der Waals surface area contributed by atoms with Gasteiger partial charge < -0.3 is 62.0 Å². The van der Waals surface area contributed by atoms with Crippen LogP contribution in [0, 0.1) is 39.5 Å². The topological polar surface area (TPSA) is 60.1 Å². The van der Waals surface area contributed by atoms with E-state index in [1.54, 1.807) is 0 Å². The Bertz CT molecular complexity index is 1980. The molecule has 12 unspecified atom stereocenters. The summed E-state index contributed by atoms with van der Waals surface area (Å²) >= 11 is 0. The molecule has 2 aromatic rings. The molecule has 2 amide bonds. The van der Waals surface area contributed by atoms with Crippen LogP contribution in [0.25, 0.3) is 0 Å². The Morgan fingerprint density at radius 2 is 0.707 bits per heavy atom. The first-order valence-corrected chi connectivity index (χ1v) is 32.1. The second kappa shape index (κ2) is 41.2. The van der Waals surface area contributed by atoms with Crippen LogP contribution in [0.15, 0.2) is 60.7 Å². The molecule has 10 nitrogen and oxygen atoms in total. The number of nitrogens with zero attached hydrogens (tertiary/aromatic N) is 8. The summed E-state index contributed by atoms with van der Waals surface area (Å²) in [5.74, 6) is 2.19. The fourth-order valence-corrected chi connectivity index (χ4v) is 15.4. The van der Waals surface area contributed by atoms with E-state index in [0.717, 1.165) is 89.6 Å². The number of hydrogen-bond donors (Lipinski definition) is 0. The van der Waals surface area contributed by atoms with Crippen molar-refractivity contribution in [1.29, 1.82) is 0 Å². The minimum atomic E-state index is -0.248. The van der Waals surface area contributed by atoms with Crippen molar-refractivity contribution < 1.29 is 93.9 Å². The van der Waals surface area contributed by atoms with Crippen molar-refractivity contribution in [3.05, 3.63) is 99.5 Å². The van der Waals surface area contributed by atoms with Gasteiger partial charge in [-0.15, -0.1) is 12.1 Å². The van der Waals surface area contributed by atoms with Gasteiger partial charge in [0.25, 0.3) is 0 Å². The predicted octanol–water partition coefficient (Wildman–Crippen LogP) is 11.9. The zero-order valence-electron chi connectivity index (χ0n) is 53.7. The monoisotopic (exact) mass is 1810 g/mol. The van der Waals surface area contributed by atoms with Gasteiger partial charge in [0.15, 0.2) is 0 Å². The third-order valence-corrected chi connectivity index (χ3v) is 20.0. The normalized spacial score (nSPS) is 30.1. The first-order valence-electron chi connectivity index (χ1n) is 32.1. The Morgan fingerprint density at radius 1 is 0.390 bits per heavy atom. The Balaban J connectivity index is 0.000000538. The van der Waals surface area contributed by atoms with Crippen molar-refractivity contribution in [3.8, 4) is 0 Å². The average Bonchev–Trinajstić information content (AvgIpc) is 3.52. The minimum Gasteiger partial charge on any atom is -0.339 e. The summed E-state index contributed by atoms with van der Waals surface area (Å²) in [4.78, 5) is 44.1. The molecular formula is C68H116N8O2W4-4. The summed E-state index contributed by atoms with van der Waals surface area (Å²) in [7, 11) is 0. The number of piperazine rings is 4. The smallest absolute Gasteiger partial charge is 0.209 e. The molecule has 0 spiro atoms. The largest absolute Gasteiger partial charge is 0.339 e. The molecule has 8 rings (SSSR count). The third kappa shape index (κ3) is 21.6. The van der Waals surface area contributed by atoms with Gasteiger partial charge in [-0.3, -0.25) is 14.5 Å². The Morgan fingerprint density at radius 3 is 1.07 bits per heavy atom. The molecule has 4 saturated heterocycles. The third-order valence-electron chi connectivity index (χ3n) is 20.0. The summed E-state index contributed by atoms with van der Waals surface area (Å²) in [6.07, 6.45) is 18.9. The van der Waals surface area contributed by atoms with Gasteiger partial charge in [-0.1, -0.05) is 166 Å². The summed E-state index contributed by atoms with van der Waals surface area (Å²) in [6, 6.07) is 25.7. The van der Waals surface area contributed by atoms with E-state index in [9.17, 15) is 9.59 Å². The number of hydrogen-bond acceptors (Lipinski definition) is 8. The van der Waals surface area contributed by atoms with E-state index in [-0.39, 0.29) is 114 Å². The van der Waals surface area contributed by atoms with E-state index in [1.165, 1.54) is 94.7 Å². The van der Waals surface area contributed by atoms with E-state index in [0.29, 0.717) is 48.3 Å². The van der Waals surface area contributed by atoms with Crippen LogP contribution < -0.4 is 0 Å². The number of carbonyl (C=O) groups excluding carboxylic acids is 2. The first-order chi connectivity index (χ1) is 37.5. The molecular weight excluding hydrogens is 1700 g/mol. The van der Waals surface area contributed by atoms with E-state index < -0.39 is 0 Å². The number of likely N-dealkylation sites (N-methyl/N-ethyl adjacent to an activating group) is 8. The molecule has 2 saturated carbocycles. The zero-order valence-corrected chi connectivity index (χ0v) is 65.4. The van der Waals surface area contributed by atoms with Crippen LogP contribution in [0.2, 0.25) is 0 Å². The van der Waals surface area contributed by atoms with Gasteiger partial charge in [0, 0.05) is 140 Å². The van der Waals surface area contributed by atoms with Crippen molar-refractivity contribution in [2.24, 2.45) is 11.8 Å². The molecule has 4 heterocycles. The summed E-state index contributed by atoms with van der Waals surface area (Å²) in [6.45, 7) is 53.8. The van der Waals surface area contributed by atoms with Crippen molar-refractivity contribution in [2.75, 3.05) is 65.4 Å². The molecule has 6 aliphatic rings. The molecule has 2 aromatic carbocycles. The molecule has 0 bridgehead atoms. The molecule has 6 fully saturated rings. The van der Waals surface area contributed by atoms with Gasteiger partial charge in [0.2, 0.25) is 11.8 Å². The molecule has 468 valence electrons. The van der Waals surface area contributed by atoms with Gasteiger partial charge in [0.1, 0.15) is 0 Å². The van der Waals surface area contributed by atoms with Gasteiger partial charge in [-0.2, -0.15) is 0 Å². The second-order valence-electron chi connectivity index (χ2n) is 24.2. The minimum absolute atomic E-state index is 0. The maximum absolute atomic E-state index is 12.5. The van der Waals surface area contributed by atoms with E-state index in [1.807, 2.05) is 11.0 Å². The van der Waals surface area contributed by atoms with Crippen LogP contribution >= 0.6 is 0 Å². The van der Waals surface area contributed by atoms with Crippen LogP contribution in [-0.2, 0) is 107 Å². The molecule has 12 atom stereocenters. The van der Waals surface area contributed by atoms with Crippen molar-refractivity contribution in [2.45, 2.75) is 245 Å². The number of carbonyl (C=O) groups is 2. The average molecular weight is 1810 g/mol. The summed E-state index contributed by atoms with van der Waals surface area (Å²) in [5.41, 5.74) is 2.73. The molecule has 0 aromatic heterocycles. The fraction of sp³-hybridized carbons (Fsp3) is 0.735. The number of rotatable bonds is 16. The Kier molecular flexibility index (Phi) is 40.2. The van der Waals surface area contributed by atoms with Crippen LogP contribution in [0.1, 0.15) is 171 Å². The van der Waals surface area contributed by atoms with E-state index in [4.69, 9.17) is 0 Å². The quantitative estimate of drug-likeness (QED) is 0.154. The first kappa shape index (κ1) is 79.9. The molecule has 0 radical (unpaired) electrons. The predicted molar refractivity (Wildman–Crippen MR) is 331 cm³/mol. The zero-order chi connectivity index (χ0) is 57.1. The van der Waals surface area contributed by atoms with Crippen molar-refractivity contribution in [3.63, 3.8) is 0 Å². The van der Waals surface area contributed by atoms with Crippen LogP contribution in [0.3, 0.4) is 0 Å². The molecule has 0 N–H and O–H groups in total. The van der Waals surface area contributed by atoms with Crippen molar-refractivity contribution >= 4 is 11.8 Å². The molecule has 2 aliphatic carbocycles. The molecule has 82 heavy (non-hydrogen) atoms. The summed E-state index contributed by atoms with van der Waals surface area (Å²) < 4.78 is 0. The van der Waals surface area contributed by atoms with E-state index in [2.05, 4.69) is 200 Å². The van der Waals surface area contributed by atoms with Gasteiger partial charge in [0.05, 0.1) is 6.04 Å². The fourth-order valence-electron chi connectivity index (χ4n) is 15.4. The van der Waals surface area contributed by atoms with Gasteiger partial charge >= 0.3 is 0 Å². The van der Waals surface area contributed by atoms with Crippen LogP contribution in [0.5, 0.6) is 0 Å². The summed E-state index contributed by atoms with van der Waals surface area (Å²) in [5, 5.41) is 0. The molecule has 14 heteroatoms. The second-order valence-corrected chi connectivity index (χ2v) is 24.2.